The molecule has 4 rings (SSSR count). The number of hydrogen-bond acceptors (Lipinski definition) is 4. The number of hydrogen-bond donors (Lipinski definition) is 2. The molecule has 2 N–H and O–H groups in total. The van der Waals surface area contributed by atoms with Gasteiger partial charge in [-0.15, -0.1) is 0 Å². The maximum Gasteiger partial charge on any atom is 0.255 e. The maximum atomic E-state index is 12.6. The van der Waals surface area contributed by atoms with Crippen molar-refractivity contribution in [1.29, 1.82) is 0 Å². The van der Waals surface area contributed by atoms with Gasteiger partial charge in [0, 0.05) is 22.5 Å². The van der Waals surface area contributed by atoms with Gasteiger partial charge in [-0.25, -0.2) is 4.68 Å². The summed E-state index contributed by atoms with van der Waals surface area (Å²) in [5.41, 5.74) is 5.03. The maximum absolute atomic E-state index is 12.6. The van der Waals surface area contributed by atoms with Crippen LogP contribution in [0.15, 0.2) is 78.9 Å². The van der Waals surface area contributed by atoms with Crippen molar-refractivity contribution in [3.63, 3.8) is 0 Å². The number of para-hydroxylation sites is 2. The van der Waals surface area contributed by atoms with Gasteiger partial charge in [0.2, 0.25) is 0 Å². The number of benzene rings is 3. The Morgan fingerprint density at radius 1 is 0.818 bits per heavy atom. The molecule has 166 valence electrons. The molecular formula is C26H24N4O3. The minimum Gasteiger partial charge on any atom is -0.495 e. The van der Waals surface area contributed by atoms with Crippen LogP contribution in [-0.2, 0) is 0 Å². The molecule has 1 aromatic heterocycles. The van der Waals surface area contributed by atoms with E-state index >= 15 is 0 Å². The van der Waals surface area contributed by atoms with Crippen molar-refractivity contribution in [2.75, 3.05) is 17.7 Å². The van der Waals surface area contributed by atoms with Gasteiger partial charge in [0.15, 0.2) is 0 Å². The summed E-state index contributed by atoms with van der Waals surface area (Å²) in [4.78, 5) is 25.2. The predicted octanol–water partition coefficient (Wildman–Crippen LogP) is 5.00. The minimum atomic E-state index is -0.267. The zero-order chi connectivity index (χ0) is 23.4. The van der Waals surface area contributed by atoms with Gasteiger partial charge in [-0.2, -0.15) is 5.10 Å². The van der Waals surface area contributed by atoms with E-state index in [1.807, 2.05) is 48.9 Å². The quantitative estimate of drug-likeness (QED) is 0.442. The Morgan fingerprint density at radius 2 is 1.42 bits per heavy atom. The van der Waals surface area contributed by atoms with Gasteiger partial charge in [-0.3, -0.25) is 9.59 Å². The number of amides is 2. The van der Waals surface area contributed by atoms with Crippen LogP contribution in [0.25, 0.3) is 5.69 Å². The number of carbonyl (C=O) groups is 2. The molecular weight excluding hydrogens is 416 g/mol. The second-order valence-corrected chi connectivity index (χ2v) is 7.57. The lowest BCUT2D eigenvalue weighted by Gasteiger charge is -2.10. The SMILES string of the molecule is COc1ccccc1NC(=O)c1ccc(NC(=O)c2ccc(-n3nc(C)cc3C)cc2)cc1. The summed E-state index contributed by atoms with van der Waals surface area (Å²) < 4.78 is 7.10. The summed E-state index contributed by atoms with van der Waals surface area (Å²) >= 11 is 0. The molecule has 0 aliphatic rings. The average molecular weight is 441 g/mol. The van der Waals surface area contributed by atoms with Gasteiger partial charge in [0.1, 0.15) is 5.75 Å². The van der Waals surface area contributed by atoms with E-state index in [4.69, 9.17) is 4.74 Å². The fourth-order valence-electron chi connectivity index (χ4n) is 3.49. The van der Waals surface area contributed by atoms with Crippen molar-refractivity contribution in [3.05, 3.63) is 101 Å². The van der Waals surface area contributed by atoms with E-state index in [2.05, 4.69) is 15.7 Å². The van der Waals surface area contributed by atoms with Crippen LogP contribution >= 0.6 is 0 Å². The van der Waals surface area contributed by atoms with E-state index in [-0.39, 0.29) is 11.8 Å². The lowest BCUT2D eigenvalue weighted by molar-refractivity contribution is 0.101. The van der Waals surface area contributed by atoms with Crippen molar-refractivity contribution < 1.29 is 14.3 Å². The molecule has 7 nitrogen and oxygen atoms in total. The molecule has 0 unspecified atom stereocenters. The van der Waals surface area contributed by atoms with Crippen LogP contribution in [0.4, 0.5) is 11.4 Å². The highest BCUT2D eigenvalue weighted by Crippen LogP contribution is 2.24. The van der Waals surface area contributed by atoms with Crippen LogP contribution in [0.1, 0.15) is 32.1 Å². The molecule has 1 heterocycles. The first-order valence-electron chi connectivity index (χ1n) is 10.4. The second-order valence-electron chi connectivity index (χ2n) is 7.57. The zero-order valence-electron chi connectivity index (χ0n) is 18.6. The van der Waals surface area contributed by atoms with E-state index in [1.54, 1.807) is 55.6 Å². The molecule has 0 saturated carbocycles. The van der Waals surface area contributed by atoms with Crippen molar-refractivity contribution >= 4 is 23.2 Å². The summed E-state index contributed by atoms with van der Waals surface area (Å²) in [6, 6.07) is 23.1. The highest BCUT2D eigenvalue weighted by Gasteiger charge is 2.11. The number of methoxy groups -OCH3 is 1. The Morgan fingerprint density at radius 3 is 2.03 bits per heavy atom. The van der Waals surface area contributed by atoms with E-state index in [0.29, 0.717) is 28.3 Å². The monoisotopic (exact) mass is 440 g/mol. The van der Waals surface area contributed by atoms with Gasteiger partial charge >= 0.3 is 0 Å². The number of aryl methyl sites for hydroxylation is 2. The van der Waals surface area contributed by atoms with Gasteiger partial charge in [-0.05, 0) is 80.6 Å². The molecule has 33 heavy (non-hydrogen) atoms. The Bertz CT molecular complexity index is 1290. The molecule has 2 amide bonds. The molecule has 3 aromatic carbocycles. The van der Waals surface area contributed by atoms with Crippen LogP contribution in [0, 0.1) is 13.8 Å². The highest BCUT2D eigenvalue weighted by molar-refractivity contribution is 6.06. The topological polar surface area (TPSA) is 85.3 Å². The molecule has 0 fully saturated rings. The van der Waals surface area contributed by atoms with Crippen LogP contribution in [-0.4, -0.2) is 28.7 Å². The third-order valence-electron chi connectivity index (χ3n) is 5.14. The normalized spacial score (nSPS) is 10.5. The Kier molecular flexibility index (Phi) is 6.22. The lowest BCUT2D eigenvalue weighted by Crippen LogP contribution is -2.14. The summed E-state index contributed by atoms with van der Waals surface area (Å²) in [5.74, 6) is 0.0804. The van der Waals surface area contributed by atoms with Crippen molar-refractivity contribution in [3.8, 4) is 11.4 Å². The molecule has 4 aromatic rings. The number of carbonyl (C=O) groups excluding carboxylic acids is 2. The summed E-state index contributed by atoms with van der Waals surface area (Å²) in [7, 11) is 1.55. The Hall–Kier alpha value is -4.39. The van der Waals surface area contributed by atoms with Crippen molar-refractivity contribution in [2.24, 2.45) is 0 Å². The number of anilines is 2. The molecule has 0 bridgehead atoms. The first-order valence-corrected chi connectivity index (χ1v) is 10.4. The number of aromatic nitrogens is 2. The third-order valence-corrected chi connectivity index (χ3v) is 5.14. The third kappa shape index (κ3) is 4.93. The van der Waals surface area contributed by atoms with Crippen LogP contribution in [0.5, 0.6) is 5.75 Å². The molecule has 0 atom stereocenters. The van der Waals surface area contributed by atoms with Crippen molar-refractivity contribution in [1.82, 2.24) is 9.78 Å². The number of nitrogens with one attached hydrogen (secondary N) is 2. The van der Waals surface area contributed by atoms with Gasteiger partial charge in [-0.1, -0.05) is 12.1 Å². The molecule has 0 radical (unpaired) electrons. The molecule has 0 spiro atoms. The zero-order valence-corrected chi connectivity index (χ0v) is 18.6. The standard InChI is InChI=1S/C26H24N4O3/c1-17-16-18(2)30(29-17)22-14-10-20(11-15-22)25(31)27-21-12-8-19(9-13-21)26(32)28-23-6-4-5-7-24(23)33-3/h4-16H,1-3H3,(H,27,31)(H,28,32). The number of nitrogens with zero attached hydrogens (tertiary/aromatic N) is 2. The molecule has 0 saturated heterocycles. The van der Waals surface area contributed by atoms with Gasteiger partial charge in [0.25, 0.3) is 11.8 Å². The second kappa shape index (κ2) is 9.40. The molecule has 0 aliphatic carbocycles. The smallest absolute Gasteiger partial charge is 0.255 e. The highest BCUT2D eigenvalue weighted by atomic mass is 16.5. The fraction of sp³-hybridized carbons (Fsp3) is 0.115. The number of rotatable bonds is 6. The Balaban J connectivity index is 1.41. The van der Waals surface area contributed by atoms with E-state index < -0.39 is 0 Å². The summed E-state index contributed by atoms with van der Waals surface area (Å²) in [6.45, 7) is 3.93. The summed E-state index contributed by atoms with van der Waals surface area (Å²) in [6.07, 6.45) is 0. The van der Waals surface area contributed by atoms with Gasteiger partial charge in [0.05, 0.1) is 24.2 Å². The van der Waals surface area contributed by atoms with Crippen LogP contribution < -0.4 is 15.4 Å². The summed E-state index contributed by atoms with van der Waals surface area (Å²) in [5, 5.41) is 10.1. The van der Waals surface area contributed by atoms with E-state index in [9.17, 15) is 9.59 Å². The van der Waals surface area contributed by atoms with Crippen LogP contribution in [0.3, 0.4) is 0 Å². The molecule has 0 aliphatic heterocycles. The Labute approximate surface area is 192 Å². The van der Waals surface area contributed by atoms with Crippen LogP contribution in [0.2, 0.25) is 0 Å². The average Bonchev–Trinajstić information content (AvgIpc) is 3.17. The predicted molar refractivity (Wildman–Crippen MR) is 128 cm³/mol. The lowest BCUT2D eigenvalue weighted by atomic mass is 10.1. The first-order chi connectivity index (χ1) is 15.9. The minimum absolute atomic E-state index is 0.235. The largest absolute Gasteiger partial charge is 0.495 e. The van der Waals surface area contributed by atoms with Crippen molar-refractivity contribution in [2.45, 2.75) is 13.8 Å². The van der Waals surface area contributed by atoms with Gasteiger partial charge < -0.3 is 15.4 Å². The fourth-order valence-corrected chi connectivity index (χ4v) is 3.49. The number of ether oxygens (including phenoxy) is 1. The first kappa shape index (κ1) is 21.8. The van der Waals surface area contributed by atoms with E-state index in [0.717, 1.165) is 17.1 Å². The van der Waals surface area contributed by atoms with E-state index in [1.165, 1.54) is 0 Å². The molecule has 7 heteroatoms.